The fraction of sp³-hybridized carbons (Fsp3) is 0.632. The molecule has 2 heterocycles. The van der Waals surface area contributed by atoms with E-state index in [1.165, 1.54) is 0 Å². The molecule has 0 bridgehead atoms. The molecule has 6 heteroatoms. The number of hydrogen-bond acceptors (Lipinski definition) is 4. The lowest BCUT2D eigenvalue weighted by Gasteiger charge is -2.26. The van der Waals surface area contributed by atoms with Gasteiger partial charge in [-0.25, -0.2) is 0 Å². The summed E-state index contributed by atoms with van der Waals surface area (Å²) < 4.78 is 0. The molecule has 0 unspecified atom stereocenters. The number of rotatable bonds is 6. The van der Waals surface area contributed by atoms with Crippen molar-refractivity contribution < 1.29 is 9.59 Å². The van der Waals surface area contributed by atoms with E-state index in [0.29, 0.717) is 26.1 Å². The third kappa shape index (κ3) is 4.37. The minimum absolute atomic E-state index is 0.0329. The maximum Gasteiger partial charge on any atom is 0.237 e. The second-order valence-corrected chi connectivity index (χ2v) is 7.18. The van der Waals surface area contributed by atoms with Gasteiger partial charge in [0.05, 0.1) is 11.7 Å². The summed E-state index contributed by atoms with van der Waals surface area (Å²) in [5, 5.41) is 6.07. The van der Waals surface area contributed by atoms with Gasteiger partial charge in [-0.3, -0.25) is 19.5 Å². The molecule has 1 aliphatic carbocycles. The summed E-state index contributed by atoms with van der Waals surface area (Å²) in [7, 11) is 0. The van der Waals surface area contributed by atoms with Crippen LogP contribution in [0, 0.1) is 12.8 Å². The molecule has 0 radical (unpaired) electrons. The highest BCUT2D eigenvalue weighted by atomic mass is 16.2. The average molecular weight is 344 g/mol. The minimum atomic E-state index is -0.214. The molecule has 0 aromatic carbocycles. The molecular weight excluding hydrogens is 316 g/mol. The van der Waals surface area contributed by atoms with Gasteiger partial charge in [0, 0.05) is 37.3 Å². The van der Waals surface area contributed by atoms with E-state index in [1.54, 1.807) is 0 Å². The molecule has 2 atom stereocenters. The van der Waals surface area contributed by atoms with Crippen LogP contribution >= 0.6 is 0 Å². The van der Waals surface area contributed by atoms with Gasteiger partial charge in [0.2, 0.25) is 11.8 Å². The molecule has 1 aliphatic heterocycles. The Balaban J connectivity index is 1.66. The molecule has 2 amide bonds. The van der Waals surface area contributed by atoms with Crippen LogP contribution in [0.25, 0.3) is 0 Å². The van der Waals surface area contributed by atoms with Crippen molar-refractivity contribution in [1.82, 2.24) is 20.5 Å². The Hall–Kier alpha value is -1.95. The lowest BCUT2D eigenvalue weighted by molar-refractivity contribution is -0.128. The normalized spacial score (nSPS) is 23.9. The van der Waals surface area contributed by atoms with E-state index >= 15 is 0 Å². The van der Waals surface area contributed by atoms with E-state index in [2.05, 4.69) is 20.5 Å². The molecule has 1 saturated carbocycles. The Bertz CT molecular complexity index is 630. The van der Waals surface area contributed by atoms with Crippen molar-refractivity contribution >= 4 is 11.8 Å². The van der Waals surface area contributed by atoms with Crippen LogP contribution in [0.1, 0.15) is 44.0 Å². The molecule has 6 nitrogen and oxygen atoms in total. The van der Waals surface area contributed by atoms with Gasteiger partial charge in [0.15, 0.2) is 0 Å². The van der Waals surface area contributed by atoms with Crippen molar-refractivity contribution in [1.29, 1.82) is 0 Å². The maximum absolute atomic E-state index is 12.5. The standard InChI is InChI=1S/C19H28N4O2/c1-3-20-19(25)17-10-16(22-18(24)14-7-5-8-14)12-23(17)11-15-9-4-6-13(2)21-15/h4,6,9,14,16-17H,3,5,7-8,10-12H2,1-2H3,(H,20,25)(H,22,24)/t16-,17+/m1/s1. The van der Waals surface area contributed by atoms with Crippen LogP contribution in [0.2, 0.25) is 0 Å². The van der Waals surface area contributed by atoms with Crippen molar-refractivity contribution in [3.05, 3.63) is 29.6 Å². The first-order valence-electron chi connectivity index (χ1n) is 9.31. The Kier molecular flexibility index (Phi) is 5.68. The van der Waals surface area contributed by atoms with E-state index in [1.807, 2.05) is 32.0 Å². The summed E-state index contributed by atoms with van der Waals surface area (Å²) in [5.41, 5.74) is 1.93. The first-order chi connectivity index (χ1) is 12.1. The van der Waals surface area contributed by atoms with Gasteiger partial charge < -0.3 is 10.6 Å². The van der Waals surface area contributed by atoms with Crippen LogP contribution in [0.5, 0.6) is 0 Å². The van der Waals surface area contributed by atoms with Crippen LogP contribution in [0.3, 0.4) is 0 Å². The Labute approximate surface area is 149 Å². The van der Waals surface area contributed by atoms with Crippen LogP contribution in [-0.2, 0) is 16.1 Å². The minimum Gasteiger partial charge on any atom is -0.355 e. The summed E-state index contributed by atoms with van der Waals surface area (Å²) in [6.45, 7) is 5.83. The van der Waals surface area contributed by atoms with Crippen molar-refractivity contribution in [2.24, 2.45) is 5.92 Å². The lowest BCUT2D eigenvalue weighted by Crippen LogP contribution is -2.43. The number of hydrogen-bond donors (Lipinski definition) is 2. The first-order valence-corrected chi connectivity index (χ1v) is 9.31. The van der Waals surface area contributed by atoms with Crippen molar-refractivity contribution in [3.8, 4) is 0 Å². The summed E-state index contributed by atoms with van der Waals surface area (Å²) >= 11 is 0. The molecule has 1 saturated heterocycles. The highest BCUT2D eigenvalue weighted by Gasteiger charge is 2.38. The van der Waals surface area contributed by atoms with Gasteiger partial charge in [-0.1, -0.05) is 12.5 Å². The smallest absolute Gasteiger partial charge is 0.237 e. The fourth-order valence-corrected chi connectivity index (χ4v) is 3.63. The molecule has 1 aromatic heterocycles. The summed E-state index contributed by atoms with van der Waals surface area (Å²) in [5.74, 6) is 0.368. The van der Waals surface area contributed by atoms with E-state index in [0.717, 1.165) is 30.7 Å². The molecule has 2 fully saturated rings. The van der Waals surface area contributed by atoms with Gasteiger partial charge in [-0.2, -0.15) is 0 Å². The second kappa shape index (κ2) is 7.95. The average Bonchev–Trinajstić information content (AvgIpc) is 2.88. The molecule has 1 aromatic rings. The summed E-state index contributed by atoms with van der Waals surface area (Å²) in [6, 6.07) is 5.77. The third-order valence-corrected chi connectivity index (χ3v) is 5.19. The zero-order valence-electron chi connectivity index (χ0n) is 15.1. The quantitative estimate of drug-likeness (QED) is 0.818. The third-order valence-electron chi connectivity index (χ3n) is 5.19. The zero-order valence-corrected chi connectivity index (χ0v) is 15.1. The summed E-state index contributed by atoms with van der Waals surface area (Å²) in [6.07, 6.45) is 3.80. The van der Waals surface area contributed by atoms with E-state index < -0.39 is 0 Å². The number of aromatic nitrogens is 1. The number of aryl methyl sites for hydroxylation is 1. The van der Waals surface area contributed by atoms with Crippen molar-refractivity contribution in [2.75, 3.05) is 13.1 Å². The zero-order chi connectivity index (χ0) is 17.8. The molecule has 2 N–H and O–H groups in total. The van der Waals surface area contributed by atoms with Gasteiger partial charge in [0.25, 0.3) is 0 Å². The number of amides is 2. The number of likely N-dealkylation sites (N-methyl/N-ethyl adjacent to an activating group) is 1. The molecule has 136 valence electrons. The van der Waals surface area contributed by atoms with Gasteiger partial charge in [-0.05, 0) is 45.2 Å². The Morgan fingerprint density at radius 3 is 2.72 bits per heavy atom. The SMILES string of the molecule is CCNC(=O)[C@@H]1C[C@@H](NC(=O)C2CCC2)CN1Cc1cccc(C)n1. The topological polar surface area (TPSA) is 74.3 Å². The predicted octanol–water partition coefficient (Wildman–Crippen LogP) is 1.39. The monoisotopic (exact) mass is 344 g/mol. The van der Waals surface area contributed by atoms with E-state index in [4.69, 9.17) is 0 Å². The number of carbonyl (C=O) groups excluding carboxylic acids is 2. The number of nitrogens with zero attached hydrogens (tertiary/aromatic N) is 2. The second-order valence-electron chi connectivity index (χ2n) is 7.18. The molecule has 0 spiro atoms. The molecule has 25 heavy (non-hydrogen) atoms. The highest BCUT2D eigenvalue weighted by molar-refractivity contribution is 5.83. The summed E-state index contributed by atoms with van der Waals surface area (Å²) in [4.78, 5) is 31.4. The van der Waals surface area contributed by atoms with E-state index in [-0.39, 0.29) is 29.8 Å². The number of likely N-dealkylation sites (tertiary alicyclic amines) is 1. The maximum atomic E-state index is 12.5. The number of pyridine rings is 1. The molecule has 3 rings (SSSR count). The van der Waals surface area contributed by atoms with Crippen LogP contribution in [0.4, 0.5) is 0 Å². The Morgan fingerprint density at radius 1 is 1.28 bits per heavy atom. The molecular formula is C19H28N4O2. The Morgan fingerprint density at radius 2 is 2.08 bits per heavy atom. The van der Waals surface area contributed by atoms with Crippen LogP contribution in [0.15, 0.2) is 18.2 Å². The van der Waals surface area contributed by atoms with Crippen molar-refractivity contribution in [2.45, 2.75) is 58.2 Å². The van der Waals surface area contributed by atoms with Gasteiger partial charge in [0.1, 0.15) is 0 Å². The highest BCUT2D eigenvalue weighted by Crippen LogP contribution is 2.27. The molecule has 2 aliphatic rings. The van der Waals surface area contributed by atoms with Crippen LogP contribution in [-0.4, -0.2) is 46.9 Å². The predicted molar refractivity (Wildman–Crippen MR) is 95.7 cm³/mol. The van der Waals surface area contributed by atoms with Crippen molar-refractivity contribution in [3.63, 3.8) is 0 Å². The van der Waals surface area contributed by atoms with Gasteiger partial charge in [-0.15, -0.1) is 0 Å². The fourth-order valence-electron chi connectivity index (χ4n) is 3.63. The van der Waals surface area contributed by atoms with Crippen LogP contribution < -0.4 is 10.6 Å². The number of carbonyl (C=O) groups is 2. The van der Waals surface area contributed by atoms with Gasteiger partial charge >= 0.3 is 0 Å². The lowest BCUT2D eigenvalue weighted by atomic mass is 9.84. The van der Waals surface area contributed by atoms with E-state index in [9.17, 15) is 9.59 Å². The number of nitrogens with one attached hydrogen (secondary N) is 2. The first kappa shape index (κ1) is 17.9. The largest absolute Gasteiger partial charge is 0.355 e.